The average Bonchev–Trinajstić information content (AvgIpc) is 3.29. The average molecular weight is 421 g/mol. The third-order valence-electron chi connectivity index (χ3n) is 4.23. The molecule has 0 unspecified atom stereocenters. The van der Waals surface area contributed by atoms with Crippen molar-refractivity contribution in [2.45, 2.75) is 13.5 Å². The van der Waals surface area contributed by atoms with E-state index in [1.54, 1.807) is 0 Å². The Balaban J connectivity index is 1.72. The van der Waals surface area contributed by atoms with Crippen molar-refractivity contribution in [3.05, 3.63) is 88.1 Å². The molecule has 0 fully saturated rings. The van der Waals surface area contributed by atoms with Crippen molar-refractivity contribution < 1.29 is 14.3 Å². The number of nitrogens with one attached hydrogen (secondary N) is 2. The zero-order valence-electron chi connectivity index (χ0n) is 16.8. The second-order valence-electron chi connectivity index (χ2n) is 6.62. The van der Waals surface area contributed by atoms with Gasteiger partial charge in [0.25, 0.3) is 5.91 Å². The van der Waals surface area contributed by atoms with Crippen molar-refractivity contribution in [3.63, 3.8) is 0 Å². The molecule has 0 bridgehead atoms. The maximum atomic E-state index is 12.8. The molecule has 0 spiro atoms. The third kappa shape index (κ3) is 6.60. The Hall–Kier alpha value is -3.38. The summed E-state index contributed by atoms with van der Waals surface area (Å²) < 4.78 is 5.90. The van der Waals surface area contributed by atoms with Crippen LogP contribution in [0.5, 0.6) is 5.75 Å². The van der Waals surface area contributed by atoms with Gasteiger partial charge in [0.1, 0.15) is 12.4 Å². The fourth-order valence-corrected chi connectivity index (χ4v) is 3.53. The van der Waals surface area contributed by atoms with Crippen LogP contribution in [0, 0.1) is 0 Å². The minimum Gasteiger partial charge on any atom is -0.489 e. The van der Waals surface area contributed by atoms with Gasteiger partial charge >= 0.3 is 0 Å². The molecule has 154 valence electrons. The zero-order chi connectivity index (χ0) is 21.2. The molecule has 1 aromatic heterocycles. The van der Waals surface area contributed by atoms with Crippen molar-refractivity contribution in [2.75, 3.05) is 13.1 Å². The molecule has 0 aliphatic carbocycles. The molecule has 6 heteroatoms. The number of ether oxygens (including phenoxy) is 1. The summed E-state index contributed by atoms with van der Waals surface area (Å²) in [5.74, 6) is 0.438. The Bertz CT molecular complexity index is 998. The summed E-state index contributed by atoms with van der Waals surface area (Å²) in [5, 5.41) is 7.47. The van der Waals surface area contributed by atoms with Gasteiger partial charge in [-0.15, -0.1) is 11.3 Å². The Morgan fingerprint density at radius 3 is 2.50 bits per heavy atom. The lowest BCUT2D eigenvalue weighted by molar-refractivity contribution is -0.119. The quantitative estimate of drug-likeness (QED) is 0.404. The molecule has 5 nitrogen and oxygen atoms in total. The van der Waals surface area contributed by atoms with Crippen molar-refractivity contribution in [1.82, 2.24) is 10.6 Å². The molecule has 2 N–H and O–H groups in total. The highest BCUT2D eigenvalue weighted by Crippen LogP contribution is 2.25. The van der Waals surface area contributed by atoms with Gasteiger partial charge in [0.05, 0.1) is 5.57 Å². The maximum absolute atomic E-state index is 12.8. The van der Waals surface area contributed by atoms with Crippen LogP contribution in [0.4, 0.5) is 0 Å². The first-order valence-corrected chi connectivity index (χ1v) is 10.5. The van der Waals surface area contributed by atoms with E-state index >= 15 is 0 Å². The summed E-state index contributed by atoms with van der Waals surface area (Å²) in [4.78, 5) is 24.6. The molecular weight excluding hydrogens is 396 g/mol. The van der Waals surface area contributed by atoms with Gasteiger partial charge in [-0.05, 0) is 40.8 Å². The third-order valence-corrected chi connectivity index (χ3v) is 5.14. The fraction of sp³-hybridized carbons (Fsp3) is 0.167. The van der Waals surface area contributed by atoms with E-state index in [-0.39, 0.29) is 11.8 Å². The number of amides is 2. The van der Waals surface area contributed by atoms with Crippen LogP contribution >= 0.6 is 11.3 Å². The summed E-state index contributed by atoms with van der Waals surface area (Å²) in [6.07, 6.45) is 1.86. The van der Waals surface area contributed by atoms with Gasteiger partial charge in [-0.25, -0.2) is 0 Å². The summed E-state index contributed by atoms with van der Waals surface area (Å²) in [6.45, 7) is 2.68. The van der Waals surface area contributed by atoms with Crippen LogP contribution in [0.15, 0.2) is 72.1 Å². The summed E-state index contributed by atoms with van der Waals surface area (Å²) >= 11 is 1.50. The van der Waals surface area contributed by atoms with E-state index in [0.29, 0.717) is 25.3 Å². The Morgan fingerprint density at radius 2 is 1.77 bits per heavy atom. The molecule has 0 saturated heterocycles. The number of rotatable bonds is 9. The lowest BCUT2D eigenvalue weighted by atomic mass is 10.1. The number of carbonyl (C=O) groups is 2. The minimum atomic E-state index is -0.182. The predicted molar refractivity (Wildman–Crippen MR) is 121 cm³/mol. The van der Waals surface area contributed by atoms with E-state index in [2.05, 4.69) is 10.6 Å². The molecule has 30 heavy (non-hydrogen) atoms. The Kier molecular flexibility index (Phi) is 7.80. The molecule has 3 rings (SSSR count). The summed E-state index contributed by atoms with van der Waals surface area (Å²) in [5.41, 5.74) is 2.55. The van der Waals surface area contributed by atoms with E-state index in [1.165, 1.54) is 18.3 Å². The minimum absolute atomic E-state index is 0.120. The standard InChI is InChI=1S/C24H24N2O3S/c1-18(27)25-12-13-26-24(28)22(23-11-6-14-30-23)16-20-9-5-10-21(15-20)29-17-19-7-3-2-4-8-19/h2-11,14-16H,12-13,17H2,1H3,(H,25,27)(H,26,28)/b22-16+. The molecular formula is C24H24N2O3S. The molecule has 0 saturated carbocycles. The Morgan fingerprint density at radius 1 is 0.967 bits per heavy atom. The van der Waals surface area contributed by atoms with E-state index in [4.69, 9.17) is 4.74 Å². The zero-order valence-corrected chi connectivity index (χ0v) is 17.6. The van der Waals surface area contributed by atoms with Gasteiger partial charge in [-0.1, -0.05) is 48.5 Å². The maximum Gasteiger partial charge on any atom is 0.252 e. The smallest absolute Gasteiger partial charge is 0.252 e. The predicted octanol–water partition coefficient (Wildman–Crippen LogP) is 4.12. The lowest BCUT2D eigenvalue weighted by Crippen LogP contribution is -2.33. The number of carbonyl (C=O) groups excluding carboxylic acids is 2. The number of thiophene rings is 1. The molecule has 1 heterocycles. The van der Waals surface area contributed by atoms with Gasteiger partial charge < -0.3 is 15.4 Å². The van der Waals surface area contributed by atoms with Crippen molar-refractivity contribution in [3.8, 4) is 5.75 Å². The van der Waals surface area contributed by atoms with E-state index in [1.807, 2.05) is 78.2 Å². The van der Waals surface area contributed by atoms with E-state index in [9.17, 15) is 9.59 Å². The SMILES string of the molecule is CC(=O)NCCNC(=O)/C(=C/c1cccc(OCc2ccccc2)c1)c1cccs1. The normalized spacial score (nSPS) is 11.0. The van der Waals surface area contributed by atoms with Crippen molar-refractivity contribution in [1.29, 1.82) is 0 Å². The molecule has 3 aromatic rings. The van der Waals surface area contributed by atoms with Crippen LogP contribution in [0.1, 0.15) is 22.9 Å². The van der Waals surface area contributed by atoms with Crippen molar-refractivity contribution >= 4 is 34.8 Å². The fourth-order valence-electron chi connectivity index (χ4n) is 2.79. The largest absolute Gasteiger partial charge is 0.489 e. The van der Waals surface area contributed by atoms with Gasteiger partial charge in [0.15, 0.2) is 0 Å². The first-order chi connectivity index (χ1) is 14.6. The van der Waals surface area contributed by atoms with Crippen molar-refractivity contribution in [2.24, 2.45) is 0 Å². The van der Waals surface area contributed by atoms with Gasteiger partial charge in [0, 0.05) is 24.9 Å². The molecule has 0 radical (unpaired) electrons. The number of benzene rings is 2. The van der Waals surface area contributed by atoms with Crippen LogP contribution in [0.25, 0.3) is 11.6 Å². The van der Waals surface area contributed by atoms with E-state index in [0.717, 1.165) is 21.8 Å². The first kappa shape index (κ1) is 21.3. The Labute approximate surface area is 180 Å². The summed E-state index contributed by atoms with van der Waals surface area (Å²) in [6, 6.07) is 21.5. The number of hydrogen-bond acceptors (Lipinski definition) is 4. The monoisotopic (exact) mass is 420 g/mol. The molecule has 0 atom stereocenters. The highest BCUT2D eigenvalue weighted by molar-refractivity contribution is 7.11. The van der Waals surface area contributed by atoms with Crippen LogP contribution in [0.3, 0.4) is 0 Å². The molecule has 2 amide bonds. The van der Waals surface area contributed by atoms with Gasteiger partial charge in [-0.2, -0.15) is 0 Å². The molecule has 0 aliphatic rings. The van der Waals surface area contributed by atoms with Crippen LogP contribution in [0.2, 0.25) is 0 Å². The van der Waals surface area contributed by atoms with Crippen LogP contribution in [-0.2, 0) is 16.2 Å². The first-order valence-electron chi connectivity index (χ1n) is 9.67. The number of hydrogen-bond donors (Lipinski definition) is 2. The summed E-state index contributed by atoms with van der Waals surface area (Å²) in [7, 11) is 0. The van der Waals surface area contributed by atoms with Gasteiger partial charge in [0.2, 0.25) is 5.91 Å². The van der Waals surface area contributed by atoms with Gasteiger partial charge in [-0.3, -0.25) is 9.59 Å². The second kappa shape index (κ2) is 11.0. The molecule has 2 aromatic carbocycles. The van der Waals surface area contributed by atoms with Crippen LogP contribution < -0.4 is 15.4 Å². The lowest BCUT2D eigenvalue weighted by Gasteiger charge is -2.10. The molecule has 0 aliphatic heterocycles. The topological polar surface area (TPSA) is 67.4 Å². The second-order valence-corrected chi connectivity index (χ2v) is 7.57. The highest BCUT2D eigenvalue weighted by Gasteiger charge is 2.13. The highest BCUT2D eigenvalue weighted by atomic mass is 32.1. The van der Waals surface area contributed by atoms with Crippen LogP contribution in [-0.4, -0.2) is 24.9 Å². The van der Waals surface area contributed by atoms with E-state index < -0.39 is 0 Å².